The van der Waals surface area contributed by atoms with E-state index in [1.54, 1.807) is 12.1 Å². The van der Waals surface area contributed by atoms with Gasteiger partial charge in [0.2, 0.25) is 5.91 Å². The summed E-state index contributed by atoms with van der Waals surface area (Å²) in [6, 6.07) is 12.0. The highest BCUT2D eigenvalue weighted by atomic mass is 19.1. The highest BCUT2D eigenvalue weighted by Crippen LogP contribution is 2.21. The molecule has 0 aliphatic heterocycles. The van der Waals surface area contributed by atoms with Crippen LogP contribution in [-0.4, -0.2) is 19.1 Å². The maximum Gasteiger partial charge on any atom is 0.224 e. The van der Waals surface area contributed by atoms with E-state index in [-0.39, 0.29) is 18.1 Å². The first-order valence-electron chi connectivity index (χ1n) is 7.26. The molecule has 2 rings (SSSR count). The van der Waals surface area contributed by atoms with Crippen molar-refractivity contribution in [2.45, 2.75) is 20.3 Å². The second-order valence-electron chi connectivity index (χ2n) is 5.23. The summed E-state index contributed by atoms with van der Waals surface area (Å²) in [5.41, 5.74) is 2.81. The van der Waals surface area contributed by atoms with Gasteiger partial charge in [0.25, 0.3) is 0 Å². The molecule has 0 spiro atoms. The van der Waals surface area contributed by atoms with Gasteiger partial charge in [0.05, 0.1) is 13.0 Å². The number of para-hydroxylation sites is 1. The van der Waals surface area contributed by atoms with Gasteiger partial charge in [-0.3, -0.25) is 4.79 Å². The minimum Gasteiger partial charge on any atom is -0.491 e. The monoisotopic (exact) mass is 301 g/mol. The molecule has 0 atom stereocenters. The summed E-state index contributed by atoms with van der Waals surface area (Å²) in [5.74, 6) is 0.390. The van der Waals surface area contributed by atoms with E-state index in [0.717, 1.165) is 16.9 Å². The molecule has 116 valence electrons. The predicted octanol–water partition coefficient (Wildman–Crippen LogP) is 3.18. The minimum absolute atomic E-state index is 0.143. The first-order chi connectivity index (χ1) is 10.6. The van der Waals surface area contributed by atoms with Gasteiger partial charge in [-0.05, 0) is 42.7 Å². The van der Waals surface area contributed by atoms with Crippen molar-refractivity contribution in [3.63, 3.8) is 0 Å². The molecule has 0 saturated carbocycles. The number of carbonyl (C=O) groups excluding carboxylic acids is 1. The largest absolute Gasteiger partial charge is 0.491 e. The molecule has 0 saturated heterocycles. The third-order valence-electron chi connectivity index (χ3n) is 3.33. The van der Waals surface area contributed by atoms with Crippen molar-refractivity contribution in [1.82, 2.24) is 5.32 Å². The Kier molecular flexibility index (Phi) is 5.53. The summed E-state index contributed by atoms with van der Waals surface area (Å²) < 4.78 is 18.7. The number of hydrogen-bond donors (Lipinski definition) is 1. The number of rotatable bonds is 6. The summed E-state index contributed by atoms with van der Waals surface area (Å²) >= 11 is 0. The zero-order valence-electron chi connectivity index (χ0n) is 12.9. The lowest BCUT2D eigenvalue weighted by molar-refractivity contribution is -0.120. The molecule has 0 aliphatic rings. The third kappa shape index (κ3) is 4.58. The van der Waals surface area contributed by atoms with E-state index in [1.165, 1.54) is 12.1 Å². The lowest BCUT2D eigenvalue weighted by atomic mass is 10.1. The van der Waals surface area contributed by atoms with E-state index in [4.69, 9.17) is 4.74 Å². The van der Waals surface area contributed by atoms with E-state index < -0.39 is 0 Å². The van der Waals surface area contributed by atoms with E-state index in [9.17, 15) is 9.18 Å². The van der Waals surface area contributed by atoms with Crippen LogP contribution in [0.3, 0.4) is 0 Å². The maximum atomic E-state index is 13.0. The Morgan fingerprint density at radius 3 is 2.50 bits per heavy atom. The Balaban J connectivity index is 1.76. The van der Waals surface area contributed by atoms with Crippen molar-refractivity contribution in [3.05, 3.63) is 65.0 Å². The molecule has 22 heavy (non-hydrogen) atoms. The average molecular weight is 301 g/mol. The normalized spacial score (nSPS) is 10.3. The standard InChI is InChI=1S/C18H20FNO2/c1-13-5-3-6-14(2)18(13)22-10-9-20-17(21)12-15-7-4-8-16(19)11-15/h3-8,11H,9-10,12H2,1-2H3,(H,20,21). The molecular formula is C18H20FNO2. The quantitative estimate of drug-likeness (QED) is 0.832. The van der Waals surface area contributed by atoms with E-state index in [0.29, 0.717) is 18.7 Å². The first kappa shape index (κ1) is 16.0. The van der Waals surface area contributed by atoms with Gasteiger partial charge in [0.1, 0.15) is 18.2 Å². The van der Waals surface area contributed by atoms with Crippen LogP contribution in [-0.2, 0) is 11.2 Å². The number of amides is 1. The van der Waals surface area contributed by atoms with Gasteiger partial charge in [0, 0.05) is 0 Å². The molecule has 3 nitrogen and oxygen atoms in total. The fourth-order valence-corrected chi connectivity index (χ4v) is 2.27. The molecular weight excluding hydrogens is 281 g/mol. The zero-order valence-corrected chi connectivity index (χ0v) is 12.9. The molecule has 1 N–H and O–H groups in total. The first-order valence-corrected chi connectivity index (χ1v) is 7.26. The van der Waals surface area contributed by atoms with Gasteiger partial charge in [-0.1, -0.05) is 30.3 Å². The van der Waals surface area contributed by atoms with Crippen molar-refractivity contribution in [2.75, 3.05) is 13.2 Å². The Morgan fingerprint density at radius 2 is 1.82 bits per heavy atom. The van der Waals surface area contributed by atoms with E-state index in [1.807, 2.05) is 32.0 Å². The summed E-state index contributed by atoms with van der Waals surface area (Å²) in [5, 5.41) is 2.77. The van der Waals surface area contributed by atoms with Crippen molar-refractivity contribution >= 4 is 5.91 Å². The fraction of sp³-hybridized carbons (Fsp3) is 0.278. The number of halogens is 1. The number of aryl methyl sites for hydroxylation is 2. The van der Waals surface area contributed by atoms with Crippen LogP contribution in [0.1, 0.15) is 16.7 Å². The van der Waals surface area contributed by atoms with Crippen LogP contribution in [0.4, 0.5) is 4.39 Å². The summed E-state index contributed by atoms with van der Waals surface area (Å²) in [6.45, 7) is 4.80. The van der Waals surface area contributed by atoms with E-state index >= 15 is 0 Å². The molecule has 2 aromatic rings. The molecule has 0 bridgehead atoms. The molecule has 0 fully saturated rings. The lowest BCUT2D eigenvalue weighted by Crippen LogP contribution is -2.29. The number of ether oxygens (including phenoxy) is 1. The predicted molar refractivity (Wildman–Crippen MR) is 84.5 cm³/mol. The van der Waals surface area contributed by atoms with Gasteiger partial charge in [-0.2, -0.15) is 0 Å². The van der Waals surface area contributed by atoms with Crippen molar-refractivity contribution in [3.8, 4) is 5.75 Å². The molecule has 2 aromatic carbocycles. The second-order valence-corrected chi connectivity index (χ2v) is 5.23. The zero-order chi connectivity index (χ0) is 15.9. The van der Waals surface area contributed by atoms with Gasteiger partial charge in [-0.15, -0.1) is 0 Å². The van der Waals surface area contributed by atoms with Gasteiger partial charge in [0.15, 0.2) is 0 Å². The van der Waals surface area contributed by atoms with Gasteiger partial charge in [-0.25, -0.2) is 4.39 Å². The summed E-state index contributed by atoms with van der Waals surface area (Å²) in [4.78, 5) is 11.8. The molecule has 1 amide bonds. The smallest absolute Gasteiger partial charge is 0.224 e. The van der Waals surface area contributed by atoms with Crippen LogP contribution in [0.2, 0.25) is 0 Å². The fourth-order valence-electron chi connectivity index (χ4n) is 2.27. The average Bonchev–Trinajstić information content (AvgIpc) is 2.46. The van der Waals surface area contributed by atoms with Gasteiger partial charge >= 0.3 is 0 Å². The summed E-state index contributed by atoms with van der Waals surface area (Å²) in [6.07, 6.45) is 0.168. The molecule has 0 aliphatic carbocycles. The highest BCUT2D eigenvalue weighted by molar-refractivity contribution is 5.78. The van der Waals surface area contributed by atoms with Crippen LogP contribution in [0, 0.1) is 19.7 Å². The molecule has 0 radical (unpaired) electrons. The van der Waals surface area contributed by atoms with Crippen LogP contribution < -0.4 is 10.1 Å². The minimum atomic E-state index is -0.330. The SMILES string of the molecule is Cc1cccc(C)c1OCCNC(=O)Cc1cccc(F)c1. The second kappa shape index (κ2) is 7.59. The van der Waals surface area contributed by atoms with Crippen LogP contribution in [0.5, 0.6) is 5.75 Å². The topological polar surface area (TPSA) is 38.3 Å². The molecule has 0 unspecified atom stereocenters. The van der Waals surface area contributed by atoms with Crippen molar-refractivity contribution in [2.24, 2.45) is 0 Å². The third-order valence-corrected chi connectivity index (χ3v) is 3.33. The van der Waals surface area contributed by atoms with Crippen LogP contribution >= 0.6 is 0 Å². The molecule has 4 heteroatoms. The number of carbonyl (C=O) groups is 1. The summed E-state index contributed by atoms with van der Waals surface area (Å²) in [7, 11) is 0. The maximum absolute atomic E-state index is 13.0. The Hall–Kier alpha value is -2.36. The number of hydrogen-bond acceptors (Lipinski definition) is 2. The van der Waals surface area contributed by atoms with Crippen LogP contribution in [0.15, 0.2) is 42.5 Å². The van der Waals surface area contributed by atoms with E-state index in [2.05, 4.69) is 5.32 Å². The lowest BCUT2D eigenvalue weighted by Gasteiger charge is -2.12. The molecule has 0 heterocycles. The highest BCUT2D eigenvalue weighted by Gasteiger charge is 2.05. The molecule has 0 aromatic heterocycles. The Labute approximate surface area is 130 Å². The van der Waals surface area contributed by atoms with Crippen molar-refractivity contribution in [1.29, 1.82) is 0 Å². The number of nitrogens with one attached hydrogen (secondary N) is 1. The van der Waals surface area contributed by atoms with Crippen LogP contribution in [0.25, 0.3) is 0 Å². The van der Waals surface area contributed by atoms with Gasteiger partial charge < -0.3 is 10.1 Å². The number of benzene rings is 2. The van der Waals surface area contributed by atoms with Crippen molar-refractivity contribution < 1.29 is 13.9 Å². The Morgan fingerprint density at radius 1 is 1.14 bits per heavy atom. The Bertz CT molecular complexity index is 635.